The zero-order valence-electron chi connectivity index (χ0n) is 5.89. The first-order chi connectivity index (χ1) is 5.86. The zero-order chi connectivity index (χ0) is 11.8. The molecule has 0 rings (SSSR count). The van der Waals surface area contributed by atoms with Crippen LogP contribution in [0.5, 0.6) is 0 Å². The van der Waals surface area contributed by atoms with Crippen LogP contribution in [0.25, 0.3) is 0 Å². The Kier molecular flexibility index (Phi) is 4.23. The van der Waals surface area contributed by atoms with E-state index in [0.29, 0.717) is 0 Å². The summed E-state index contributed by atoms with van der Waals surface area (Å²) in [4.78, 5) is 0. The minimum Gasteiger partial charge on any atom is -0.253 e. The largest absolute Gasteiger partial charge is 0.525 e. The molecule has 0 aromatic carbocycles. The molecule has 0 aliphatic rings. The van der Waals surface area contributed by atoms with Crippen LogP contribution in [0.15, 0.2) is 0 Å². The third-order valence-electron chi connectivity index (χ3n) is 0.834. The quantitative estimate of drug-likeness (QED) is 0.553. The van der Waals surface area contributed by atoms with Crippen LogP contribution in [0.1, 0.15) is 0 Å². The number of rotatable bonds is 2. The van der Waals surface area contributed by atoms with Crippen molar-refractivity contribution in [3.05, 3.63) is 0 Å². The highest BCUT2D eigenvalue weighted by atomic mass is 35.5. The number of halogens is 9. The molecule has 0 N–H and O–H groups in total. The molecule has 0 aromatic heterocycles. The lowest BCUT2D eigenvalue weighted by molar-refractivity contribution is -0.344. The van der Waals surface area contributed by atoms with Gasteiger partial charge in [0, 0.05) is 0 Å². The normalized spacial score (nSPS) is 16.9. The summed E-state index contributed by atoms with van der Waals surface area (Å²) >= 11 is 13.8. The van der Waals surface area contributed by atoms with Gasteiger partial charge in [0.1, 0.15) is 0 Å². The van der Waals surface area contributed by atoms with Crippen molar-refractivity contribution in [3.63, 3.8) is 0 Å². The molecule has 86 valence electrons. The Bertz CT molecular complexity index is 198. The van der Waals surface area contributed by atoms with E-state index >= 15 is 0 Å². The first kappa shape index (κ1) is 14.4. The molecule has 10 heteroatoms. The van der Waals surface area contributed by atoms with Gasteiger partial charge in [0.05, 0.1) is 0 Å². The second-order valence-electron chi connectivity index (χ2n) is 2.01. The van der Waals surface area contributed by atoms with Crippen LogP contribution in [-0.2, 0) is 4.74 Å². The first-order valence-electron chi connectivity index (χ1n) is 2.72. The molecule has 0 aliphatic heterocycles. The van der Waals surface area contributed by atoms with Gasteiger partial charge in [-0.05, 0) is 0 Å². The summed E-state index contributed by atoms with van der Waals surface area (Å²) in [7, 11) is 0. The van der Waals surface area contributed by atoms with Gasteiger partial charge in [-0.2, -0.15) is 13.2 Å². The number of hydrogen-bond donors (Lipinski definition) is 0. The van der Waals surface area contributed by atoms with Crippen molar-refractivity contribution in [2.45, 2.75) is 22.4 Å². The molecule has 0 heterocycles. The van der Waals surface area contributed by atoms with Crippen LogP contribution >= 0.6 is 34.8 Å². The summed E-state index contributed by atoms with van der Waals surface area (Å²) in [5.74, 6) is 0. The van der Waals surface area contributed by atoms with Crippen molar-refractivity contribution >= 4 is 34.8 Å². The van der Waals surface area contributed by atoms with E-state index in [1.807, 2.05) is 0 Å². The van der Waals surface area contributed by atoms with Gasteiger partial charge in [0.15, 0.2) is 5.38 Å². The molecule has 0 saturated carbocycles. The molecule has 14 heavy (non-hydrogen) atoms. The minimum atomic E-state index is -5.41. The van der Waals surface area contributed by atoms with Gasteiger partial charge in [-0.25, -0.2) is 0 Å². The van der Waals surface area contributed by atoms with E-state index < -0.39 is 22.4 Å². The Morgan fingerprint density at radius 2 is 1.29 bits per heavy atom. The lowest BCUT2D eigenvalue weighted by atomic mass is 10.4. The fourth-order valence-electron chi connectivity index (χ4n) is 0.397. The van der Waals surface area contributed by atoms with Gasteiger partial charge in [-0.15, -0.1) is 24.8 Å². The summed E-state index contributed by atoms with van der Waals surface area (Å²) in [5.41, 5.74) is 0. The van der Waals surface area contributed by atoms with Crippen LogP contribution in [0.2, 0.25) is 0 Å². The summed E-state index contributed by atoms with van der Waals surface area (Å²) in [6.45, 7) is 0. The standard InChI is InChI=1S/C4HCl3F6O/c5-1(3(8,9)10)2(6,7)14-4(11,12)13/h1H. The van der Waals surface area contributed by atoms with Crippen molar-refractivity contribution in [2.75, 3.05) is 0 Å². The average molecular weight is 285 g/mol. The van der Waals surface area contributed by atoms with Gasteiger partial charge in [-0.3, -0.25) is 4.74 Å². The maximum absolute atomic E-state index is 11.8. The number of hydrogen-bond acceptors (Lipinski definition) is 1. The molecule has 0 radical (unpaired) electrons. The van der Waals surface area contributed by atoms with Gasteiger partial charge in [0.2, 0.25) is 0 Å². The Hall–Kier alpha value is 0.410. The van der Waals surface area contributed by atoms with Crippen LogP contribution in [0.4, 0.5) is 26.3 Å². The maximum atomic E-state index is 11.8. The maximum Gasteiger partial charge on any atom is 0.525 e. The Morgan fingerprint density at radius 3 is 1.50 bits per heavy atom. The second-order valence-corrected chi connectivity index (χ2v) is 3.77. The van der Waals surface area contributed by atoms with Gasteiger partial charge in [0.25, 0.3) is 4.52 Å². The third-order valence-corrected chi connectivity index (χ3v) is 2.20. The average Bonchev–Trinajstić information content (AvgIpc) is 1.78. The van der Waals surface area contributed by atoms with Crippen molar-refractivity contribution in [3.8, 4) is 0 Å². The molecule has 0 amide bonds. The summed E-state index contributed by atoms with van der Waals surface area (Å²) in [6.07, 6.45) is -10.6. The summed E-state index contributed by atoms with van der Waals surface area (Å²) in [5, 5.41) is -3.19. The predicted molar refractivity (Wildman–Crippen MR) is 37.3 cm³/mol. The first-order valence-corrected chi connectivity index (χ1v) is 3.91. The molecule has 0 fully saturated rings. The molecule has 1 nitrogen and oxygen atoms in total. The van der Waals surface area contributed by atoms with E-state index in [4.69, 9.17) is 0 Å². The zero-order valence-corrected chi connectivity index (χ0v) is 8.16. The van der Waals surface area contributed by atoms with Gasteiger partial charge < -0.3 is 0 Å². The third kappa shape index (κ3) is 4.77. The van der Waals surface area contributed by atoms with Crippen molar-refractivity contribution in [1.82, 2.24) is 0 Å². The van der Waals surface area contributed by atoms with Crippen molar-refractivity contribution in [1.29, 1.82) is 0 Å². The monoisotopic (exact) mass is 284 g/mol. The molecule has 0 bridgehead atoms. The highest BCUT2D eigenvalue weighted by Gasteiger charge is 2.56. The highest BCUT2D eigenvalue weighted by molar-refractivity contribution is 6.51. The van der Waals surface area contributed by atoms with E-state index in [1.54, 1.807) is 0 Å². The van der Waals surface area contributed by atoms with E-state index in [0.717, 1.165) is 0 Å². The molecule has 0 aliphatic carbocycles. The van der Waals surface area contributed by atoms with Crippen molar-refractivity contribution < 1.29 is 31.1 Å². The lowest BCUT2D eigenvalue weighted by Gasteiger charge is -2.27. The number of alkyl halides is 9. The van der Waals surface area contributed by atoms with Crippen LogP contribution in [0.3, 0.4) is 0 Å². The lowest BCUT2D eigenvalue weighted by Crippen LogP contribution is -2.44. The Balaban J connectivity index is 4.63. The van der Waals surface area contributed by atoms with Gasteiger partial charge >= 0.3 is 12.5 Å². The second kappa shape index (κ2) is 4.11. The molecule has 0 spiro atoms. The van der Waals surface area contributed by atoms with Crippen LogP contribution < -0.4 is 0 Å². The topological polar surface area (TPSA) is 9.23 Å². The van der Waals surface area contributed by atoms with Crippen LogP contribution in [-0.4, -0.2) is 22.4 Å². The van der Waals surface area contributed by atoms with Crippen molar-refractivity contribution in [2.24, 2.45) is 0 Å². The minimum absolute atomic E-state index is 2.79. The molecule has 1 unspecified atom stereocenters. The fourth-order valence-corrected chi connectivity index (χ4v) is 0.864. The predicted octanol–water partition coefficient (Wildman–Crippen LogP) is 3.82. The molecule has 1 atom stereocenters. The van der Waals surface area contributed by atoms with Crippen LogP contribution in [0, 0.1) is 0 Å². The Labute approximate surface area is 88.9 Å². The SMILES string of the molecule is FC(F)(F)OC(Cl)(Cl)C(Cl)C(F)(F)F. The van der Waals surface area contributed by atoms with Gasteiger partial charge in [-0.1, -0.05) is 23.2 Å². The fraction of sp³-hybridized carbons (Fsp3) is 1.00. The highest BCUT2D eigenvalue weighted by Crippen LogP contribution is 2.43. The summed E-state index contributed by atoms with van der Waals surface area (Å²) in [6, 6.07) is 0. The molecular weight excluding hydrogens is 284 g/mol. The van der Waals surface area contributed by atoms with E-state index in [9.17, 15) is 26.3 Å². The Morgan fingerprint density at radius 1 is 0.929 bits per heavy atom. The molecule has 0 saturated heterocycles. The van der Waals surface area contributed by atoms with E-state index in [1.165, 1.54) is 0 Å². The molecule has 0 aromatic rings. The number of ether oxygens (including phenoxy) is 1. The smallest absolute Gasteiger partial charge is 0.253 e. The van der Waals surface area contributed by atoms with E-state index in [2.05, 4.69) is 39.5 Å². The molecular formula is C4HCl3F6O. The summed E-state index contributed by atoms with van der Waals surface area (Å²) < 4.78 is 68.9. The van der Waals surface area contributed by atoms with E-state index in [-0.39, 0.29) is 0 Å².